The number of carbonyl (C=O) groups excluding carboxylic acids is 1. The molecule has 2 rings (SSSR count). The van der Waals surface area contributed by atoms with E-state index in [1.54, 1.807) is 12.1 Å². The molecule has 1 aromatic carbocycles. The first-order chi connectivity index (χ1) is 10.1. The number of amides is 1. The van der Waals surface area contributed by atoms with Crippen molar-refractivity contribution in [1.82, 2.24) is 10.2 Å². The highest BCUT2D eigenvalue weighted by Crippen LogP contribution is 2.12. The number of anilines is 1. The van der Waals surface area contributed by atoms with Gasteiger partial charge in [-0.2, -0.15) is 0 Å². The lowest BCUT2D eigenvalue weighted by molar-refractivity contribution is -0.116. The fourth-order valence-corrected chi connectivity index (χ4v) is 1.75. The van der Waals surface area contributed by atoms with Gasteiger partial charge in [0, 0.05) is 6.42 Å². The molecule has 0 aliphatic rings. The van der Waals surface area contributed by atoms with Crippen molar-refractivity contribution in [3.8, 4) is 5.75 Å². The molecule has 5 nitrogen and oxygen atoms in total. The van der Waals surface area contributed by atoms with E-state index >= 15 is 0 Å². The van der Waals surface area contributed by atoms with Gasteiger partial charge in [0.25, 0.3) is 0 Å². The van der Waals surface area contributed by atoms with Crippen LogP contribution in [0, 0.1) is 6.92 Å². The van der Waals surface area contributed by atoms with Gasteiger partial charge >= 0.3 is 0 Å². The number of hydrogen-bond acceptors (Lipinski definition) is 4. The molecule has 0 aliphatic carbocycles. The number of aromatic nitrogens is 2. The molecule has 2 aromatic rings. The minimum atomic E-state index is -0.126. The molecule has 0 saturated carbocycles. The van der Waals surface area contributed by atoms with Crippen LogP contribution in [0.1, 0.15) is 18.4 Å². The molecule has 0 aliphatic heterocycles. The van der Waals surface area contributed by atoms with Gasteiger partial charge in [0.15, 0.2) is 11.0 Å². The summed E-state index contributed by atoms with van der Waals surface area (Å²) in [7, 11) is 0. The second-order valence-electron chi connectivity index (χ2n) is 4.55. The molecule has 0 saturated heterocycles. The number of rotatable bonds is 6. The number of nitrogens with one attached hydrogen (secondary N) is 1. The topological polar surface area (TPSA) is 64.1 Å². The second-order valence-corrected chi connectivity index (χ2v) is 4.94. The highest BCUT2D eigenvalue weighted by atomic mass is 35.5. The Kier molecular flexibility index (Phi) is 5.51. The standard InChI is InChI=1S/C15H16ClN3O2/c1-11-4-6-12(7-5-11)21-10-2-3-15(20)17-14-9-8-13(16)18-19-14/h4-9H,2-3,10H2,1H3,(H,17,19,20). The molecular weight excluding hydrogens is 290 g/mol. The summed E-state index contributed by atoms with van der Waals surface area (Å²) in [5.41, 5.74) is 1.19. The van der Waals surface area contributed by atoms with E-state index < -0.39 is 0 Å². The molecule has 0 bridgehead atoms. The molecule has 21 heavy (non-hydrogen) atoms. The molecule has 1 heterocycles. The normalized spacial score (nSPS) is 10.2. The Labute approximate surface area is 128 Å². The summed E-state index contributed by atoms with van der Waals surface area (Å²) in [5.74, 6) is 1.08. The lowest BCUT2D eigenvalue weighted by atomic mass is 10.2. The lowest BCUT2D eigenvalue weighted by Gasteiger charge is -2.06. The lowest BCUT2D eigenvalue weighted by Crippen LogP contribution is -2.14. The SMILES string of the molecule is Cc1ccc(OCCCC(=O)Nc2ccc(Cl)nn2)cc1. The summed E-state index contributed by atoms with van der Waals surface area (Å²) in [5, 5.41) is 10.3. The van der Waals surface area contributed by atoms with Gasteiger partial charge in [0.2, 0.25) is 5.91 Å². The Bertz CT molecular complexity index is 585. The van der Waals surface area contributed by atoms with Crippen molar-refractivity contribution in [2.75, 3.05) is 11.9 Å². The van der Waals surface area contributed by atoms with E-state index in [0.29, 0.717) is 30.4 Å². The van der Waals surface area contributed by atoms with Crippen molar-refractivity contribution in [2.45, 2.75) is 19.8 Å². The highest BCUT2D eigenvalue weighted by molar-refractivity contribution is 6.29. The quantitative estimate of drug-likeness (QED) is 0.832. The molecule has 0 fully saturated rings. The minimum absolute atomic E-state index is 0.126. The van der Waals surface area contributed by atoms with Gasteiger partial charge in [-0.25, -0.2) is 0 Å². The van der Waals surface area contributed by atoms with Crippen LogP contribution >= 0.6 is 11.6 Å². The third-order valence-corrected chi connectivity index (χ3v) is 2.94. The van der Waals surface area contributed by atoms with E-state index in [4.69, 9.17) is 16.3 Å². The van der Waals surface area contributed by atoms with E-state index in [0.717, 1.165) is 5.75 Å². The van der Waals surface area contributed by atoms with Crippen LogP contribution in [0.2, 0.25) is 5.15 Å². The first-order valence-corrected chi connectivity index (χ1v) is 7.00. The van der Waals surface area contributed by atoms with Crippen molar-refractivity contribution in [1.29, 1.82) is 0 Å². The number of aryl methyl sites for hydroxylation is 1. The monoisotopic (exact) mass is 305 g/mol. The van der Waals surface area contributed by atoms with Crippen molar-refractivity contribution >= 4 is 23.3 Å². The summed E-state index contributed by atoms with van der Waals surface area (Å²) in [6, 6.07) is 11.0. The van der Waals surface area contributed by atoms with Crippen molar-refractivity contribution < 1.29 is 9.53 Å². The number of ether oxygens (including phenoxy) is 1. The summed E-state index contributed by atoms with van der Waals surface area (Å²) in [6.45, 7) is 2.51. The smallest absolute Gasteiger partial charge is 0.225 e. The summed E-state index contributed by atoms with van der Waals surface area (Å²) in [6.07, 6.45) is 0.983. The van der Waals surface area contributed by atoms with Gasteiger partial charge in [-0.3, -0.25) is 4.79 Å². The summed E-state index contributed by atoms with van der Waals surface area (Å²) < 4.78 is 5.55. The fraction of sp³-hybridized carbons (Fsp3) is 0.267. The molecule has 110 valence electrons. The van der Waals surface area contributed by atoms with E-state index in [1.807, 2.05) is 31.2 Å². The van der Waals surface area contributed by atoms with Crippen molar-refractivity contribution in [3.63, 3.8) is 0 Å². The third-order valence-electron chi connectivity index (χ3n) is 2.74. The maximum absolute atomic E-state index is 11.7. The molecule has 0 spiro atoms. The fourth-order valence-electron chi connectivity index (χ4n) is 1.65. The molecular formula is C15H16ClN3O2. The van der Waals surface area contributed by atoms with E-state index in [1.165, 1.54) is 5.56 Å². The van der Waals surface area contributed by atoms with Gasteiger partial charge in [0.1, 0.15) is 5.75 Å². The molecule has 1 amide bonds. The predicted molar refractivity (Wildman–Crippen MR) is 81.6 cm³/mol. The molecule has 1 N–H and O–H groups in total. The molecule has 6 heteroatoms. The summed E-state index contributed by atoms with van der Waals surface area (Å²) in [4.78, 5) is 11.7. The largest absolute Gasteiger partial charge is 0.494 e. The van der Waals surface area contributed by atoms with Crippen LogP contribution < -0.4 is 10.1 Å². The number of halogens is 1. The van der Waals surface area contributed by atoms with E-state index in [-0.39, 0.29) is 5.91 Å². The number of carbonyl (C=O) groups is 1. The molecule has 0 unspecified atom stereocenters. The van der Waals surface area contributed by atoms with E-state index in [2.05, 4.69) is 15.5 Å². The maximum Gasteiger partial charge on any atom is 0.225 e. The van der Waals surface area contributed by atoms with Crippen LogP contribution in [0.25, 0.3) is 0 Å². The molecule has 0 atom stereocenters. The Morgan fingerprint density at radius 2 is 1.95 bits per heavy atom. The maximum atomic E-state index is 11.7. The minimum Gasteiger partial charge on any atom is -0.494 e. The van der Waals surface area contributed by atoms with Crippen LogP contribution in [0.4, 0.5) is 5.82 Å². The average molecular weight is 306 g/mol. The first kappa shape index (κ1) is 15.3. The molecule has 1 aromatic heterocycles. The predicted octanol–water partition coefficient (Wildman–Crippen LogP) is 3.24. The number of benzene rings is 1. The van der Waals surface area contributed by atoms with Crippen LogP contribution in [-0.4, -0.2) is 22.7 Å². The van der Waals surface area contributed by atoms with Crippen molar-refractivity contribution in [2.24, 2.45) is 0 Å². The molecule has 0 radical (unpaired) electrons. The van der Waals surface area contributed by atoms with Crippen LogP contribution in [-0.2, 0) is 4.79 Å². The van der Waals surface area contributed by atoms with Crippen LogP contribution in [0.5, 0.6) is 5.75 Å². The van der Waals surface area contributed by atoms with E-state index in [9.17, 15) is 4.79 Å². The zero-order valence-corrected chi connectivity index (χ0v) is 12.4. The highest BCUT2D eigenvalue weighted by Gasteiger charge is 2.04. The first-order valence-electron chi connectivity index (χ1n) is 6.62. The van der Waals surface area contributed by atoms with Crippen LogP contribution in [0.15, 0.2) is 36.4 Å². The van der Waals surface area contributed by atoms with Crippen molar-refractivity contribution in [3.05, 3.63) is 47.1 Å². The number of hydrogen-bond donors (Lipinski definition) is 1. The van der Waals surface area contributed by atoms with Gasteiger partial charge in [-0.05, 0) is 37.6 Å². The van der Waals surface area contributed by atoms with Gasteiger partial charge in [-0.15, -0.1) is 10.2 Å². The van der Waals surface area contributed by atoms with Gasteiger partial charge < -0.3 is 10.1 Å². The second kappa shape index (κ2) is 7.59. The third kappa shape index (κ3) is 5.39. The van der Waals surface area contributed by atoms with Gasteiger partial charge in [0.05, 0.1) is 6.61 Å². The van der Waals surface area contributed by atoms with Gasteiger partial charge in [-0.1, -0.05) is 29.3 Å². The Balaban J connectivity index is 1.67. The number of nitrogens with zero attached hydrogens (tertiary/aromatic N) is 2. The zero-order valence-electron chi connectivity index (χ0n) is 11.7. The van der Waals surface area contributed by atoms with Crippen LogP contribution in [0.3, 0.4) is 0 Å². The Morgan fingerprint density at radius 3 is 2.62 bits per heavy atom. The average Bonchev–Trinajstić information content (AvgIpc) is 2.48. The Morgan fingerprint density at radius 1 is 1.19 bits per heavy atom. The Hall–Kier alpha value is -2.14. The summed E-state index contributed by atoms with van der Waals surface area (Å²) >= 11 is 5.62. The zero-order chi connectivity index (χ0) is 15.1.